The van der Waals surface area contributed by atoms with Gasteiger partial charge in [0.15, 0.2) is 0 Å². The molecule has 2 heterocycles. The fourth-order valence-electron chi connectivity index (χ4n) is 2.49. The number of aromatic nitrogens is 3. The Morgan fingerprint density at radius 1 is 1.00 bits per heavy atom. The van der Waals surface area contributed by atoms with Crippen molar-refractivity contribution in [1.82, 2.24) is 15.2 Å². The van der Waals surface area contributed by atoms with Gasteiger partial charge in [0, 0.05) is 22.7 Å². The molecule has 1 aromatic carbocycles. The van der Waals surface area contributed by atoms with Gasteiger partial charge in [0.25, 0.3) is 0 Å². The number of rotatable bonds is 2. The molecule has 0 fully saturated rings. The van der Waals surface area contributed by atoms with Crippen LogP contribution in [0, 0.1) is 0 Å². The molecule has 0 radical (unpaired) electrons. The molecule has 3 aromatic rings. The van der Waals surface area contributed by atoms with Crippen molar-refractivity contribution < 1.29 is 0 Å². The van der Waals surface area contributed by atoms with Gasteiger partial charge >= 0.3 is 0 Å². The van der Waals surface area contributed by atoms with E-state index in [1.165, 1.54) is 5.56 Å². The number of nitrogens with zero attached hydrogens (tertiary/aromatic N) is 2. The molecule has 0 saturated carbocycles. The van der Waals surface area contributed by atoms with E-state index < -0.39 is 0 Å². The predicted molar refractivity (Wildman–Crippen MR) is 79.6 cm³/mol. The van der Waals surface area contributed by atoms with Gasteiger partial charge in [0.2, 0.25) is 0 Å². The maximum Gasteiger partial charge on any atom is 0.103 e. The molecule has 2 aromatic heterocycles. The number of nitrogens with one attached hydrogen (secondary N) is 1. The maximum absolute atomic E-state index is 4.61. The van der Waals surface area contributed by atoms with Gasteiger partial charge in [-0.2, -0.15) is 5.10 Å². The number of hydrogen-bond donors (Lipinski definition) is 1. The molecule has 0 bridgehead atoms. The van der Waals surface area contributed by atoms with Crippen molar-refractivity contribution in [2.24, 2.45) is 0 Å². The summed E-state index contributed by atoms with van der Waals surface area (Å²) in [6.07, 6.45) is 1.95. The van der Waals surface area contributed by atoms with Crippen molar-refractivity contribution in [3.8, 4) is 0 Å². The minimum atomic E-state index is 0.430. The second kappa shape index (κ2) is 4.34. The fraction of sp³-hybridized carbons (Fsp3) is 0.375. The van der Waals surface area contributed by atoms with E-state index in [1.807, 2.05) is 6.20 Å². The zero-order valence-corrected chi connectivity index (χ0v) is 11.9. The topological polar surface area (TPSA) is 41.6 Å². The molecule has 0 spiro atoms. The van der Waals surface area contributed by atoms with Crippen LogP contribution in [0.3, 0.4) is 0 Å². The lowest BCUT2D eigenvalue weighted by Gasteiger charge is -2.07. The molecule has 0 aliphatic rings. The Labute approximate surface area is 113 Å². The second-order valence-corrected chi connectivity index (χ2v) is 5.74. The summed E-state index contributed by atoms with van der Waals surface area (Å²) >= 11 is 0. The number of pyridine rings is 1. The minimum absolute atomic E-state index is 0.430. The zero-order chi connectivity index (χ0) is 13.6. The summed E-state index contributed by atoms with van der Waals surface area (Å²) in [5.74, 6) is 0.950. The standard InChI is InChI=1S/C16H19N3/c1-9(2)11-5-6-12-14(7-11)17-8-13-15(10(3)4)18-19-16(12)13/h5-10H,1-4H3,(H,18,19). The predicted octanol–water partition coefficient (Wildman–Crippen LogP) is 4.36. The van der Waals surface area contributed by atoms with E-state index in [0.717, 1.165) is 27.5 Å². The third-order valence-electron chi connectivity index (χ3n) is 3.69. The normalized spacial score (nSPS) is 12.1. The Hall–Kier alpha value is -1.90. The van der Waals surface area contributed by atoms with Crippen molar-refractivity contribution in [1.29, 1.82) is 0 Å². The van der Waals surface area contributed by atoms with Crippen molar-refractivity contribution in [2.75, 3.05) is 0 Å². The average molecular weight is 253 g/mol. The van der Waals surface area contributed by atoms with Gasteiger partial charge in [-0.25, -0.2) is 0 Å². The number of fused-ring (bicyclic) bond motifs is 3. The number of benzene rings is 1. The van der Waals surface area contributed by atoms with Crippen LogP contribution in [0.1, 0.15) is 50.8 Å². The van der Waals surface area contributed by atoms with Gasteiger partial charge in [0.05, 0.1) is 5.52 Å². The molecule has 98 valence electrons. The van der Waals surface area contributed by atoms with E-state index in [1.54, 1.807) is 0 Å². The van der Waals surface area contributed by atoms with Crippen LogP contribution in [0.2, 0.25) is 0 Å². The first kappa shape index (κ1) is 12.2. The van der Waals surface area contributed by atoms with Crippen LogP contribution < -0.4 is 0 Å². The molecule has 0 saturated heterocycles. The van der Waals surface area contributed by atoms with Crippen LogP contribution in [0.15, 0.2) is 24.4 Å². The van der Waals surface area contributed by atoms with Gasteiger partial charge in [-0.15, -0.1) is 0 Å². The van der Waals surface area contributed by atoms with E-state index in [2.05, 4.69) is 61.1 Å². The third kappa shape index (κ3) is 1.89. The highest BCUT2D eigenvalue weighted by atomic mass is 15.1. The van der Waals surface area contributed by atoms with Gasteiger partial charge < -0.3 is 0 Å². The first-order valence-electron chi connectivity index (χ1n) is 6.84. The van der Waals surface area contributed by atoms with E-state index in [-0.39, 0.29) is 0 Å². The number of H-pyrrole nitrogens is 1. The smallest absolute Gasteiger partial charge is 0.103 e. The van der Waals surface area contributed by atoms with E-state index in [0.29, 0.717) is 11.8 Å². The van der Waals surface area contributed by atoms with Crippen molar-refractivity contribution in [3.05, 3.63) is 35.7 Å². The molecule has 0 atom stereocenters. The van der Waals surface area contributed by atoms with E-state index >= 15 is 0 Å². The third-order valence-corrected chi connectivity index (χ3v) is 3.69. The Kier molecular flexibility index (Phi) is 2.77. The largest absolute Gasteiger partial charge is 0.281 e. The van der Waals surface area contributed by atoms with Crippen molar-refractivity contribution >= 4 is 21.8 Å². The number of aromatic amines is 1. The zero-order valence-electron chi connectivity index (χ0n) is 11.9. The summed E-state index contributed by atoms with van der Waals surface area (Å²) in [5.41, 5.74) is 4.54. The summed E-state index contributed by atoms with van der Waals surface area (Å²) in [4.78, 5) is 4.61. The van der Waals surface area contributed by atoms with Gasteiger partial charge in [-0.3, -0.25) is 10.1 Å². The lowest BCUT2D eigenvalue weighted by molar-refractivity contribution is 0.818. The van der Waals surface area contributed by atoms with Gasteiger partial charge in [-0.1, -0.05) is 39.8 Å². The molecule has 3 heteroatoms. The summed E-state index contributed by atoms with van der Waals surface area (Å²) in [5, 5.41) is 9.90. The lowest BCUT2D eigenvalue weighted by atomic mass is 10.00. The highest BCUT2D eigenvalue weighted by Crippen LogP contribution is 2.29. The fourth-order valence-corrected chi connectivity index (χ4v) is 2.49. The Balaban J connectivity index is 2.30. The summed E-state index contributed by atoms with van der Waals surface area (Å²) < 4.78 is 0. The molecule has 0 aliphatic heterocycles. The van der Waals surface area contributed by atoms with Crippen LogP contribution in [0.4, 0.5) is 0 Å². The van der Waals surface area contributed by atoms with Crippen molar-refractivity contribution in [3.63, 3.8) is 0 Å². The molecular weight excluding hydrogens is 234 g/mol. The second-order valence-electron chi connectivity index (χ2n) is 5.74. The van der Waals surface area contributed by atoms with Gasteiger partial charge in [0.1, 0.15) is 5.52 Å². The maximum atomic E-state index is 4.61. The summed E-state index contributed by atoms with van der Waals surface area (Å²) in [7, 11) is 0. The van der Waals surface area contributed by atoms with Crippen LogP contribution in [0.5, 0.6) is 0 Å². The van der Waals surface area contributed by atoms with E-state index in [4.69, 9.17) is 0 Å². The molecule has 3 nitrogen and oxygen atoms in total. The summed E-state index contributed by atoms with van der Waals surface area (Å²) in [6, 6.07) is 6.49. The van der Waals surface area contributed by atoms with Crippen LogP contribution in [-0.2, 0) is 0 Å². The minimum Gasteiger partial charge on any atom is -0.281 e. The Morgan fingerprint density at radius 2 is 1.79 bits per heavy atom. The molecule has 3 rings (SSSR count). The highest BCUT2D eigenvalue weighted by molar-refractivity contribution is 6.04. The first-order valence-corrected chi connectivity index (χ1v) is 6.84. The average Bonchev–Trinajstić information content (AvgIpc) is 2.82. The van der Waals surface area contributed by atoms with Crippen LogP contribution in [-0.4, -0.2) is 15.2 Å². The Bertz CT molecular complexity index is 738. The molecule has 0 amide bonds. The first-order chi connectivity index (χ1) is 9.08. The van der Waals surface area contributed by atoms with E-state index in [9.17, 15) is 0 Å². The molecule has 0 unspecified atom stereocenters. The molecule has 19 heavy (non-hydrogen) atoms. The van der Waals surface area contributed by atoms with Gasteiger partial charge in [-0.05, 0) is 23.5 Å². The SMILES string of the molecule is CC(C)c1ccc2c(c1)ncc1c(C(C)C)[nH]nc12. The molecule has 1 N–H and O–H groups in total. The summed E-state index contributed by atoms with van der Waals surface area (Å²) in [6.45, 7) is 8.73. The quantitative estimate of drug-likeness (QED) is 0.737. The molecular formula is C16H19N3. The van der Waals surface area contributed by atoms with Crippen LogP contribution >= 0.6 is 0 Å². The lowest BCUT2D eigenvalue weighted by Crippen LogP contribution is -1.90. The molecule has 0 aliphatic carbocycles. The highest BCUT2D eigenvalue weighted by Gasteiger charge is 2.12. The Morgan fingerprint density at radius 3 is 2.47 bits per heavy atom. The monoisotopic (exact) mass is 253 g/mol. The van der Waals surface area contributed by atoms with Crippen LogP contribution in [0.25, 0.3) is 21.8 Å². The number of hydrogen-bond acceptors (Lipinski definition) is 2. The van der Waals surface area contributed by atoms with Crippen molar-refractivity contribution in [2.45, 2.75) is 39.5 Å².